The average molecular weight is 317 g/mol. The summed E-state index contributed by atoms with van der Waals surface area (Å²) in [6.45, 7) is 1.89. The van der Waals surface area contributed by atoms with E-state index in [-0.39, 0.29) is 25.3 Å². The van der Waals surface area contributed by atoms with E-state index in [4.69, 9.17) is 14.2 Å². The van der Waals surface area contributed by atoms with Gasteiger partial charge in [-0.05, 0) is 36.8 Å². The van der Waals surface area contributed by atoms with Gasteiger partial charge in [-0.15, -0.1) is 0 Å². The zero-order chi connectivity index (χ0) is 16.2. The minimum Gasteiger partial charge on any atom is -0.484 e. The summed E-state index contributed by atoms with van der Waals surface area (Å²) in [6, 6.07) is 11.0. The summed E-state index contributed by atoms with van der Waals surface area (Å²) >= 11 is 0. The Labute approximate surface area is 133 Å². The molecule has 1 heterocycles. The highest BCUT2D eigenvalue weighted by atomic mass is 19.1. The maximum Gasteiger partial charge on any atom is 0.258 e. The molecular formula is C17H16FNO4. The van der Waals surface area contributed by atoms with E-state index in [1.807, 2.05) is 25.1 Å². The fraction of sp³-hybridized carbons (Fsp3) is 0.235. The van der Waals surface area contributed by atoms with Crippen LogP contribution in [0.2, 0.25) is 0 Å². The van der Waals surface area contributed by atoms with Crippen molar-refractivity contribution in [3.63, 3.8) is 0 Å². The van der Waals surface area contributed by atoms with Crippen LogP contribution < -0.4 is 19.5 Å². The normalized spacial score (nSPS) is 13.5. The van der Waals surface area contributed by atoms with Crippen LogP contribution in [0.25, 0.3) is 0 Å². The Bertz CT molecular complexity index is 719. The quantitative estimate of drug-likeness (QED) is 0.921. The van der Waals surface area contributed by atoms with E-state index in [2.05, 4.69) is 5.32 Å². The molecule has 120 valence electrons. The number of rotatable bonds is 5. The molecular weight excluding hydrogens is 301 g/mol. The third kappa shape index (κ3) is 3.71. The fourth-order valence-corrected chi connectivity index (χ4v) is 2.25. The summed E-state index contributed by atoms with van der Waals surface area (Å²) < 4.78 is 28.9. The molecule has 0 spiro atoms. The molecule has 23 heavy (non-hydrogen) atoms. The number of benzene rings is 2. The van der Waals surface area contributed by atoms with Crippen LogP contribution in [0.5, 0.6) is 17.2 Å². The molecule has 0 fully saturated rings. The largest absolute Gasteiger partial charge is 0.484 e. The Morgan fingerprint density at radius 2 is 2.09 bits per heavy atom. The van der Waals surface area contributed by atoms with Gasteiger partial charge in [0.05, 0.1) is 6.04 Å². The SMILES string of the molecule is CC(NC(=O)COc1cccc(F)c1)c1ccc2c(c1)OCO2. The van der Waals surface area contributed by atoms with Crippen molar-refractivity contribution in [1.29, 1.82) is 0 Å². The zero-order valence-corrected chi connectivity index (χ0v) is 12.5. The molecule has 0 aromatic heterocycles. The first-order valence-corrected chi connectivity index (χ1v) is 7.19. The molecule has 0 bridgehead atoms. The number of carbonyl (C=O) groups excluding carboxylic acids is 1. The van der Waals surface area contributed by atoms with Crippen LogP contribution >= 0.6 is 0 Å². The molecule has 1 atom stereocenters. The minimum absolute atomic E-state index is 0.182. The summed E-state index contributed by atoms with van der Waals surface area (Å²) in [5.41, 5.74) is 0.897. The Kier molecular flexibility index (Phi) is 4.32. The van der Waals surface area contributed by atoms with Gasteiger partial charge >= 0.3 is 0 Å². The number of ether oxygens (including phenoxy) is 3. The van der Waals surface area contributed by atoms with Gasteiger partial charge in [-0.25, -0.2) is 4.39 Å². The summed E-state index contributed by atoms with van der Waals surface area (Å²) in [5.74, 6) is 0.980. The first kappa shape index (κ1) is 15.1. The van der Waals surface area contributed by atoms with Crippen molar-refractivity contribution < 1.29 is 23.4 Å². The minimum atomic E-state index is -0.406. The predicted molar refractivity (Wildman–Crippen MR) is 81.0 cm³/mol. The van der Waals surface area contributed by atoms with Crippen molar-refractivity contribution >= 4 is 5.91 Å². The summed E-state index contributed by atoms with van der Waals surface area (Å²) in [5, 5.41) is 2.82. The van der Waals surface area contributed by atoms with E-state index in [1.54, 1.807) is 6.07 Å². The van der Waals surface area contributed by atoms with E-state index < -0.39 is 5.82 Å². The number of nitrogens with one attached hydrogen (secondary N) is 1. The topological polar surface area (TPSA) is 56.8 Å². The van der Waals surface area contributed by atoms with Gasteiger partial charge in [0.1, 0.15) is 11.6 Å². The van der Waals surface area contributed by atoms with Crippen LogP contribution in [0.1, 0.15) is 18.5 Å². The monoisotopic (exact) mass is 317 g/mol. The number of amides is 1. The maximum absolute atomic E-state index is 13.0. The Hall–Kier alpha value is -2.76. The Morgan fingerprint density at radius 1 is 1.26 bits per heavy atom. The number of fused-ring (bicyclic) bond motifs is 1. The Balaban J connectivity index is 1.55. The maximum atomic E-state index is 13.0. The van der Waals surface area contributed by atoms with Gasteiger partial charge in [-0.1, -0.05) is 12.1 Å². The first-order chi connectivity index (χ1) is 11.1. The van der Waals surface area contributed by atoms with Gasteiger partial charge in [0.15, 0.2) is 18.1 Å². The smallest absolute Gasteiger partial charge is 0.258 e. The molecule has 3 rings (SSSR count). The van der Waals surface area contributed by atoms with Crippen LogP contribution in [-0.2, 0) is 4.79 Å². The van der Waals surface area contributed by atoms with Gasteiger partial charge in [0.25, 0.3) is 5.91 Å². The van der Waals surface area contributed by atoms with Crippen LogP contribution in [0.15, 0.2) is 42.5 Å². The molecule has 2 aromatic carbocycles. The second kappa shape index (κ2) is 6.56. The zero-order valence-electron chi connectivity index (χ0n) is 12.5. The van der Waals surface area contributed by atoms with Crippen molar-refractivity contribution in [3.8, 4) is 17.2 Å². The van der Waals surface area contributed by atoms with E-state index in [1.165, 1.54) is 18.2 Å². The molecule has 1 N–H and O–H groups in total. The molecule has 0 radical (unpaired) electrons. The number of halogens is 1. The van der Waals surface area contributed by atoms with Gasteiger partial charge in [-0.2, -0.15) is 0 Å². The Morgan fingerprint density at radius 3 is 2.91 bits per heavy atom. The first-order valence-electron chi connectivity index (χ1n) is 7.19. The molecule has 1 unspecified atom stereocenters. The van der Waals surface area contributed by atoms with E-state index in [0.717, 1.165) is 5.56 Å². The second-order valence-corrected chi connectivity index (χ2v) is 5.15. The standard InChI is InChI=1S/C17H16FNO4/c1-11(12-5-6-15-16(7-12)23-10-22-15)19-17(20)9-21-14-4-2-3-13(18)8-14/h2-8,11H,9-10H2,1H3,(H,19,20). The van der Waals surface area contributed by atoms with Crippen LogP contribution in [-0.4, -0.2) is 19.3 Å². The van der Waals surface area contributed by atoms with Crippen molar-refractivity contribution in [3.05, 3.63) is 53.8 Å². The van der Waals surface area contributed by atoms with E-state index in [0.29, 0.717) is 17.2 Å². The molecule has 6 heteroatoms. The average Bonchev–Trinajstić information content (AvgIpc) is 3.00. The third-order valence-electron chi connectivity index (χ3n) is 3.44. The summed E-state index contributed by atoms with van der Waals surface area (Å²) in [4.78, 5) is 11.9. The molecule has 0 saturated heterocycles. The van der Waals surface area contributed by atoms with E-state index in [9.17, 15) is 9.18 Å². The molecule has 1 aliphatic heterocycles. The predicted octanol–water partition coefficient (Wildman–Crippen LogP) is 2.81. The van der Waals surface area contributed by atoms with Crippen LogP contribution in [0.3, 0.4) is 0 Å². The van der Waals surface area contributed by atoms with E-state index >= 15 is 0 Å². The lowest BCUT2D eigenvalue weighted by Crippen LogP contribution is -2.31. The van der Waals surface area contributed by atoms with Crippen LogP contribution in [0.4, 0.5) is 4.39 Å². The number of hydrogen-bond donors (Lipinski definition) is 1. The van der Waals surface area contributed by atoms with Crippen LogP contribution in [0, 0.1) is 5.82 Å². The van der Waals surface area contributed by atoms with Gasteiger partial charge in [0.2, 0.25) is 6.79 Å². The number of hydrogen-bond acceptors (Lipinski definition) is 4. The van der Waals surface area contributed by atoms with Crippen molar-refractivity contribution in [2.45, 2.75) is 13.0 Å². The fourth-order valence-electron chi connectivity index (χ4n) is 2.25. The molecule has 0 saturated carbocycles. The van der Waals surface area contributed by atoms with Gasteiger partial charge < -0.3 is 19.5 Å². The highest BCUT2D eigenvalue weighted by Gasteiger charge is 2.17. The van der Waals surface area contributed by atoms with Crippen molar-refractivity contribution in [2.24, 2.45) is 0 Å². The molecule has 2 aromatic rings. The third-order valence-corrected chi connectivity index (χ3v) is 3.44. The second-order valence-electron chi connectivity index (χ2n) is 5.15. The molecule has 5 nitrogen and oxygen atoms in total. The number of carbonyl (C=O) groups is 1. The van der Waals surface area contributed by atoms with Crippen molar-refractivity contribution in [1.82, 2.24) is 5.32 Å². The summed E-state index contributed by atoms with van der Waals surface area (Å²) in [7, 11) is 0. The lowest BCUT2D eigenvalue weighted by atomic mass is 10.1. The molecule has 1 amide bonds. The highest BCUT2D eigenvalue weighted by molar-refractivity contribution is 5.78. The highest BCUT2D eigenvalue weighted by Crippen LogP contribution is 2.34. The summed E-state index contributed by atoms with van der Waals surface area (Å²) in [6.07, 6.45) is 0. The molecule has 0 aliphatic carbocycles. The lowest BCUT2D eigenvalue weighted by Gasteiger charge is -2.15. The van der Waals surface area contributed by atoms with Crippen molar-refractivity contribution in [2.75, 3.05) is 13.4 Å². The lowest BCUT2D eigenvalue weighted by molar-refractivity contribution is -0.123. The van der Waals surface area contributed by atoms with Gasteiger partial charge in [0, 0.05) is 6.07 Å². The van der Waals surface area contributed by atoms with Gasteiger partial charge in [-0.3, -0.25) is 4.79 Å². The molecule has 1 aliphatic rings.